The highest BCUT2D eigenvalue weighted by atomic mass is 32.1. The number of fused-ring (bicyclic) bond motifs is 6. The van der Waals surface area contributed by atoms with E-state index in [4.69, 9.17) is 0 Å². The van der Waals surface area contributed by atoms with Crippen LogP contribution >= 0.6 is 11.3 Å². The third-order valence-corrected chi connectivity index (χ3v) is 9.76. The number of nitrogens with zero attached hydrogens (tertiary/aromatic N) is 2. The Morgan fingerprint density at radius 1 is 0.878 bits per heavy atom. The lowest BCUT2D eigenvalue weighted by atomic mass is 9.84. The lowest BCUT2D eigenvalue weighted by molar-refractivity contribution is 0.833. The van der Waals surface area contributed by atoms with E-state index >= 15 is 0 Å². The standard InChI is InChI=1S/C38H26N2S/c39-24-27-10-4-5-11-28(27)25-18-20-37-32(22-25)33-23-26(19-21-38(33)41-37)29-12-6-8-16-34(29)40-35-15-3-1-2-13-30(35)31-14-7-9-17-36(31)40/h4-12,14,16-21,23,25H,1-2,13,22H2. The number of para-hydroxylation sites is 2. The topological polar surface area (TPSA) is 28.7 Å². The van der Waals surface area contributed by atoms with Crippen molar-refractivity contribution in [1.29, 1.82) is 5.26 Å². The summed E-state index contributed by atoms with van der Waals surface area (Å²) in [7, 11) is 0. The van der Waals surface area contributed by atoms with Gasteiger partial charge < -0.3 is 4.57 Å². The molecule has 41 heavy (non-hydrogen) atoms. The van der Waals surface area contributed by atoms with Crippen molar-refractivity contribution < 1.29 is 0 Å². The number of allylic oxidation sites excluding steroid dienone is 1. The fourth-order valence-corrected chi connectivity index (χ4v) is 7.79. The van der Waals surface area contributed by atoms with Crippen molar-refractivity contribution >= 4 is 38.4 Å². The second-order valence-electron chi connectivity index (χ2n) is 10.9. The van der Waals surface area contributed by atoms with Gasteiger partial charge in [0.15, 0.2) is 0 Å². The van der Waals surface area contributed by atoms with Crippen LogP contribution in [0.1, 0.15) is 51.6 Å². The summed E-state index contributed by atoms with van der Waals surface area (Å²) >= 11 is 1.86. The first-order chi connectivity index (χ1) is 20.3. The third kappa shape index (κ3) is 3.86. The zero-order valence-electron chi connectivity index (χ0n) is 22.5. The van der Waals surface area contributed by atoms with Crippen LogP contribution in [0.25, 0.3) is 43.9 Å². The summed E-state index contributed by atoms with van der Waals surface area (Å²) in [5, 5.41) is 12.3. The number of aromatic nitrogens is 1. The van der Waals surface area contributed by atoms with Crippen LogP contribution in [-0.4, -0.2) is 4.57 Å². The maximum atomic E-state index is 9.72. The van der Waals surface area contributed by atoms with E-state index in [1.165, 1.54) is 53.8 Å². The van der Waals surface area contributed by atoms with Crippen LogP contribution in [0.3, 0.4) is 0 Å². The molecule has 2 aromatic heterocycles. The Kier molecular flexibility index (Phi) is 5.66. The van der Waals surface area contributed by atoms with Gasteiger partial charge in [0.2, 0.25) is 0 Å². The Balaban J connectivity index is 1.28. The van der Waals surface area contributed by atoms with Crippen molar-refractivity contribution in [1.82, 2.24) is 4.57 Å². The minimum Gasteiger partial charge on any atom is -0.302 e. The maximum Gasteiger partial charge on any atom is 0.101 e. The van der Waals surface area contributed by atoms with Gasteiger partial charge in [-0.15, -0.1) is 11.3 Å². The van der Waals surface area contributed by atoms with Gasteiger partial charge >= 0.3 is 0 Å². The van der Waals surface area contributed by atoms with E-state index in [0.717, 1.165) is 42.5 Å². The van der Waals surface area contributed by atoms with Gasteiger partial charge in [-0.25, -0.2) is 0 Å². The second kappa shape index (κ2) is 9.67. The summed E-state index contributed by atoms with van der Waals surface area (Å²) in [5.41, 5.74) is 10.6. The Morgan fingerprint density at radius 3 is 2.68 bits per heavy atom. The van der Waals surface area contributed by atoms with Gasteiger partial charge in [0, 0.05) is 32.9 Å². The van der Waals surface area contributed by atoms with Gasteiger partial charge in [-0.3, -0.25) is 0 Å². The van der Waals surface area contributed by atoms with Crippen LogP contribution in [0.15, 0.2) is 97.1 Å². The average Bonchev–Trinajstić information content (AvgIpc) is 3.44. The Labute approximate surface area is 243 Å². The van der Waals surface area contributed by atoms with Crippen LogP contribution in [0, 0.1) is 23.2 Å². The van der Waals surface area contributed by atoms with Crippen molar-refractivity contribution in [2.45, 2.75) is 31.6 Å². The summed E-state index contributed by atoms with van der Waals surface area (Å²) in [4.78, 5) is 1.33. The normalized spacial score (nSPS) is 15.5. The minimum absolute atomic E-state index is 0.201. The van der Waals surface area contributed by atoms with Crippen molar-refractivity contribution in [3.05, 3.63) is 130 Å². The lowest BCUT2D eigenvalue weighted by Gasteiger charge is -2.19. The summed E-state index contributed by atoms with van der Waals surface area (Å²) in [6.45, 7) is 0. The van der Waals surface area contributed by atoms with Gasteiger partial charge in [-0.1, -0.05) is 72.7 Å². The number of nitriles is 1. The molecule has 0 aliphatic heterocycles. The van der Waals surface area contributed by atoms with Gasteiger partial charge in [0.25, 0.3) is 0 Å². The number of benzene rings is 4. The fraction of sp³-hybridized carbons (Fsp3) is 0.132. The van der Waals surface area contributed by atoms with E-state index in [-0.39, 0.29) is 5.92 Å². The van der Waals surface area contributed by atoms with Crippen LogP contribution in [-0.2, 0) is 12.8 Å². The minimum atomic E-state index is 0.201. The molecule has 2 nitrogen and oxygen atoms in total. The number of hydrogen-bond acceptors (Lipinski definition) is 2. The van der Waals surface area contributed by atoms with E-state index < -0.39 is 0 Å². The van der Waals surface area contributed by atoms with Gasteiger partial charge in [0.05, 0.1) is 22.8 Å². The highest BCUT2D eigenvalue weighted by Crippen LogP contribution is 2.43. The van der Waals surface area contributed by atoms with Crippen LogP contribution in [0.5, 0.6) is 0 Å². The van der Waals surface area contributed by atoms with E-state index in [9.17, 15) is 5.26 Å². The first-order valence-corrected chi connectivity index (χ1v) is 15.1. The molecule has 0 spiro atoms. The molecule has 2 aliphatic carbocycles. The molecule has 3 heteroatoms. The molecule has 4 aromatic carbocycles. The monoisotopic (exact) mass is 542 g/mol. The zero-order chi connectivity index (χ0) is 27.3. The lowest BCUT2D eigenvalue weighted by Crippen LogP contribution is -2.06. The van der Waals surface area contributed by atoms with Crippen LogP contribution in [0.4, 0.5) is 0 Å². The van der Waals surface area contributed by atoms with Crippen molar-refractivity contribution in [2.75, 3.05) is 0 Å². The fourth-order valence-electron chi connectivity index (χ4n) is 6.66. The van der Waals surface area contributed by atoms with E-state index in [2.05, 4.69) is 107 Å². The van der Waals surface area contributed by atoms with Crippen LogP contribution < -0.4 is 0 Å². The molecule has 194 valence electrons. The van der Waals surface area contributed by atoms with Crippen molar-refractivity contribution in [3.8, 4) is 34.7 Å². The van der Waals surface area contributed by atoms with Gasteiger partial charge in [-0.2, -0.15) is 5.26 Å². The molecule has 1 atom stereocenters. The van der Waals surface area contributed by atoms with E-state index in [0.29, 0.717) is 0 Å². The molecular formula is C38H26N2S. The highest BCUT2D eigenvalue weighted by Gasteiger charge is 2.23. The van der Waals surface area contributed by atoms with Crippen LogP contribution in [0.2, 0.25) is 0 Å². The molecule has 1 unspecified atom stereocenters. The molecule has 0 amide bonds. The number of thiophene rings is 1. The first-order valence-electron chi connectivity index (χ1n) is 14.2. The molecule has 0 saturated carbocycles. The Morgan fingerprint density at radius 2 is 1.73 bits per heavy atom. The van der Waals surface area contributed by atoms with Gasteiger partial charge in [0.1, 0.15) is 5.69 Å². The summed E-state index contributed by atoms with van der Waals surface area (Å²) in [5.74, 6) is 7.16. The smallest absolute Gasteiger partial charge is 0.101 e. The molecule has 2 heterocycles. The second-order valence-corrected chi connectivity index (χ2v) is 12.0. The SMILES string of the molecule is N#Cc1ccccc1C1C=Cc2sc3ccc(-c4ccccc4-n4c5c(c6ccccc64)CCCC#C5)cc3c2C1. The Hall–Kier alpha value is -4.83. The quantitative estimate of drug-likeness (QED) is 0.205. The molecule has 6 aromatic rings. The summed E-state index contributed by atoms with van der Waals surface area (Å²) in [6.07, 6.45) is 8.52. The maximum absolute atomic E-state index is 9.72. The van der Waals surface area contributed by atoms with Crippen molar-refractivity contribution in [3.63, 3.8) is 0 Å². The predicted molar refractivity (Wildman–Crippen MR) is 171 cm³/mol. The molecule has 0 saturated heterocycles. The molecule has 0 N–H and O–H groups in total. The largest absolute Gasteiger partial charge is 0.302 e. The summed E-state index contributed by atoms with van der Waals surface area (Å²) < 4.78 is 3.70. The summed E-state index contributed by atoms with van der Waals surface area (Å²) in [6, 6.07) is 34.8. The molecule has 0 fully saturated rings. The molecule has 0 bridgehead atoms. The number of hydrogen-bond donors (Lipinski definition) is 0. The van der Waals surface area contributed by atoms with E-state index in [1.807, 2.05) is 29.5 Å². The average molecular weight is 543 g/mol. The Bertz CT molecular complexity index is 2140. The number of rotatable bonds is 3. The predicted octanol–water partition coefficient (Wildman–Crippen LogP) is 9.42. The zero-order valence-corrected chi connectivity index (χ0v) is 23.3. The molecule has 8 rings (SSSR count). The molecule has 2 aliphatic rings. The molecular weight excluding hydrogens is 516 g/mol. The molecule has 0 radical (unpaired) electrons. The number of aryl methyl sites for hydroxylation is 1. The third-order valence-electron chi connectivity index (χ3n) is 8.58. The van der Waals surface area contributed by atoms with Crippen molar-refractivity contribution in [2.24, 2.45) is 0 Å². The van der Waals surface area contributed by atoms with Gasteiger partial charge in [-0.05, 0) is 89.2 Å². The highest BCUT2D eigenvalue weighted by molar-refractivity contribution is 7.20. The first kappa shape index (κ1) is 24.0. The van der Waals surface area contributed by atoms with E-state index in [1.54, 1.807) is 0 Å².